The summed E-state index contributed by atoms with van der Waals surface area (Å²) < 4.78 is 3.46. The van der Waals surface area contributed by atoms with E-state index in [1.807, 2.05) is 27.9 Å². The fourth-order valence-electron chi connectivity index (χ4n) is 5.07. The van der Waals surface area contributed by atoms with E-state index in [1.54, 1.807) is 9.36 Å². The van der Waals surface area contributed by atoms with Crippen LogP contribution in [0.1, 0.15) is 99.2 Å². The molecular weight excluding hydrogens is 450 g/mol. The fourth-order valence-corrected chi connectivity index (χ4v) is 5.07. The summed E-state index contributed by atoms with van der Waals surface area (Å²) in [5.74, 6) is -0.428. The Kier molecular flexibility index (Phi) is 9.85. The van der Waals surface area contributed by atoms with Gasteiger partial charge >= 0.3 is 0 Å². The summed E-state index contributed by atoms with van der Waals surface area (Å²) in [6.07, 6.45) is 8.78. The predicted molar refractivity (Wildman–Crippen MR) is 150 cm³/mol. The molecule has 2 N–H and O–H groups in total. The number of benzene rings is 1. The molecule has 198 valence electrons. The van der Waals surface area contributed by atoms with E-state index in [4.69, 9.17) is 0 Å². The van der Waals surface area contributed by atoms with E-state index in [1.165, 1.54) is 12.8 Å². The number of anilines is 1. The van der Waals surface area contributed by atoms with Gasteiger partial charge in [-0.15, -0.1) is 0 Å². The standard InChI is InChI=1S/C29H45N5O2/c1-7-9-11-13-19-33-28(35)25(21(3)30-33)27(23-15-17-24(18-16-23)32(5)6)26-22(4)31-34(29(26)36)20-14-12-10-8-2/h15-18,27,30-31H,7-14,19-20H2,1-6H3. The van der Waals surface area contributed by atoms with Crippen LogP contribution in [-0.2, 0) is 13.1 Å². The lowest BCUT2D eigenvalue weighted by atomic mass is 9.85. The van der Waals surface area contributed by atoms with Gasteiger partial charge in [0.25, 0.3) is 11.1 Å². The summed E-state index contributed by atoms with van der Waals surface area (Å²) in [5, 5.41) is 6.62. The van der Waals surface area contributed by atoms with Crippen LogP contribution in [0.4, 0.5) is 5.69 Å². The molecule has 0 unspecified atom stereocenters. The van der Waals surface area contributed by atoms with E-state index in [9.17, 15) is 9.59 Å². The monoisotopic (exact) mass is 495 g/mol. The van der Waals surface area contributed by atoms with Crippen LogP contribution >= 0.6 is 0 Å². The smallest absolute Gasteiger partial charge is 0.270 e. The van der Waals surface area contributed by atoms with Gasteiger partial charge < -0.3 is 4.90 Å². The molecule has 2 aromatic heterocycles. The zero-order valence-corrected chi connectivity index (χ0v) is 23.1. The quantitative estimate of drug-likeness (QED) is 0.282. The van der Waals surface area contributed by atoms with E-state index in [-0.39, 0.29) is 11.1 Å². The van der Waals surface area contributed by atoms with Gasteiger partial charge in [0.05, 0.1) is 11.1 Å². The van der Waals surface area contributed by atoms with Gasteiger partial charge in [0, 0.05) is 50.2 Å². The van der Waals surface area contributed by atoms with Crippen LogP contribution in [0, 0.1) is 13.8 Å². The molecule has 0 bridgehead atoms. The van der Waals surface area contributed by atoms with E-state index in [0.717, 1.165) is 61.2 Å². The molecule has 2 heterocycles. The minimum Gasteiger partial charge on any atom is -0.378 e. The first kappa shape index (κ1) is 27.6. The normalized spacial score (nSPS) is 11.5. The Morgan fingerprint density at radius 3 is 1.56 bits per heavy atom. The number of hydrogen-bond acceptors (Lipinski definition) is 3. The Bertz CT molecular complexity index is 1140. The maximum absolute atomic E-state index is 13.7. The van der Waals surface area contributed by atoms with Crippen LogP contribution in [0.2, 0.25) is 0 Å². The SMILES string of the molecule is CCCCCCn1[nH]c(C)c(C(c2ccc(N(C)C)cc2)c2c(C)[nH]n(CCCCCC)c2=O)c1=O. The summed E-state index contributed by atoms with van der Waals surface area (Å²) in [5.41, 5.74) is 4.96. The molecule has 3 rings (SSSR count). The molecule has 1 aromatic carbocycles. The Balaban J connectivity index is 2.07. The molecule has 3 aromatic rings. The molecular formula is C29H45N5O2. The average molecular weight is 496 g/mol. The lowest BCUT2D eigenvalue weighted by molar-refractivity contribution is 0.526. The third-order valence-corrected chi connectivity index (χ3v) is 7.16. The van der Waals surface area contributed by atoms with Gasteiger partial charge in [-0.1, -0.05) is 64.5 Å². The average Bonchev–Trinajstić information content (AvgIpc) is 3.29. The van der Waals surface area contributed by atoms with E-state index in [2.05, 4.69) is 53.2 Å². The highest BCUT2D eigenvalue weighted by molar-refractivity contribution is 5.51. The molecule has 36 heavy (non-hydrogen) atoms. The number of aromatic amines is 2. The zero-order valence-electron chi connectivity index (χ0n) is 23.1. The van der Waals surface area contributed by atoms with Crippen molar-refractivity contribution in [3.05, 3.63) is 73.1 Å². The van der Waals surface area contributed by atoms with Crippen LogP contribution in [-0.4, -0.2) is 33.7 Å². The zero-order chi connectivity index (χ0) is 26.2. The van der Waals surface area contributed by atoms with Crippen molar-refractivity contribution in [2.75, 3.05) is 19.0 Å². The number of unbranched alkanes of at least 4 members (excludes halogenated alkanes) is 6. The van der Waals surface area contributed by atoms with Gasteiger partial charge in [0.2, 0.25) is 0 Å². The molecule has 0 amide bonds. The number of rotatable bonds is 14. The summed E-state index contributed by atoms with van der Waals surface area (Å²) in [6, 6.07) is 8.21. The summed E-state index contributed by atoms with van der Waals surface area (Å²) in [7, 11) is 4.01. The van der Waals surface area contributed by atoms with E-state index < -0.39 is 5.92 Å². The van der Waals surface area contributed by atoms with Crippen molar-refractivity contribution in [1.29, 1.82) is 0 Å². The van der Waals surface area contributed by atoms with Gasteiger partial charge in [-0.3, -0.25) is 29.2 Å². The van der Waals surface area contributed by atoms with E-state index >= 15 is 0 Å². The molecule has 0 saturated carbocycles. The van der Waals surface area contributed by atoms with Gasteiger partial charge in [-0.2, -0.15) is 0 Å². The second kappa shape index (κ2) is 12.8. The second-order valence-corrected chi connectivity index (χ2v) is 10.3. The summed E-state index contributed by atoms with van der Waals surface area (Å²) in [6.45, 7) is 9.60. The van der Waals surface area contributed by atoms with Gasteiger partial charge in [0.15, 0.2) is 0 Å². The van der Waals surface area contributed by atoms with Gasteiger partial charge in [-0.05, 0) is 44.4 Å². The maximum Gasteiger partial charge on any atom is 0.270 e. The van der Waals surface area contributed by atoms with Crippen molar-refractivity contribution < 1.29 is 0 Å². The minimum atomic E-state index is -0.428. The van der Waals surface area contributed by atoms with Crippen molar-refractivity contribution in [2.45, 2.75) is 98.1 Å². The highest BCUT2D eigenvalue weighted by Gasteiger charge is 2.30. The Labute approximate surface area is 215 Å². The van der Waals surface area contributed by atoms with Crippen molar-refractivity contribution >= 4 is 5.69 Å². The molecule has 0 aliphatic rings. The first-order valence-electron chi connectivity index (χ1n) is 13.7. The number of aromatic nitrogens is 4. The van der Waals surface area contributed by atoms with Crippen LogP contribution in [0.3, 0.4) is 0 Å². The molecule has 0 saturated heterocycles. The van der Waals surface area contributed by atoms with Gasteiger partial charge in [0.1, 0.15) is 0 Å². The van der Waals surface area contributed by atoms with Crippen molar-refractivity contribution in [2.24, 2.45) is 0 Å². The van der Waals surface area contributed by atoms with Crippen molar-refractivity contribution in [3.63, 3.8) is 0 Å². The third-order valence-electron chi connectivity index (χ3n) is 7.16. The first-order chi connectivity index (χ1) is 17.3. The molecule has 0 atom stereocenters. The fraction of sp³-hybridized carbons (Fsp3) is 0.586. The van der Waals surface area contributed by atoms with Crippen LogP contribution < -0.4 is 16.0 Å². The largest absolute Gasteiger partial charge is 0.378 e. The van der Waals surface area contributed by atoms with Crippen LogP contribution in [0.5, 0.6) is 0 Å². The second-order valence-electron chi connectivity index (χ2n) is 10.3. The summed E-state index contributed by atoms with van der Waals surface area (Å²) >= 11 is 0. The number of hydrogen-bond donors (Lipinski definition) is 2. The Morgan fingerprint density at radius 2 is 1.17 bits per heavy atom. The predicted octanol–water partition coefficient (Wildman–Crippen LogP) is 5.69. The molecule has 7 nitrogen and oxygen atoms in total. The maximum atomic E-state index is 13.7. The lowest BCUT2D eigenvalue weighted by Crippen LogP contribution is -2.26. The topological polar surface area (TPSA) is 78.8 Å². The third kappa shape index (κ3) is 6.23. The highest BCUT2D eigenvalue weighted by Crippen LogP contribution is 2.32. The van der Waals surface area contributed by atoms with Crippen LogP contribution in [0.25, 0.3) is 0 Å². The first-order valence-corrected chi connectivity index (χ1v) is 13.7. The van der Waals surface area contributed by atoms with Crippen LogP contribution in [0.15, 0.2) is 33.9 Å². The molecule has 0 aliphatic heterocycles. The molecule has 0 aliphatic carbocycles. The number of nitrogens with one attached hydrogen (secondary N) is 2. The number of H-pyrrole nitrogens is 2. The van der Waals surface area contributed by atoms with Crippen molar-refractivity contribution in [1.82, 2.24) is 19.6 Å². The Hall–Kier alpha value is -2.96. The number of nitrogens with zero attached hydrogens (tertiary/aromatic N) is 3. The molecule has 0 radical (unpaired) electrons. The number of aryl methyl sites for hydroxylation is 4. The van der Waals surface area contributed by atoms with Crippen molar-refractivity contribution in [3.8, 4) is 0 Å². The molecule has 0 spiro atoms. The van der Waals surface area contributed by atoms with Gasteiger partial charge in [-0.25, -0.2) is 0 Å². The molecule has 0 fully saturated rings. The highest BCUT2D eigenvalue weighted by atomic mass is 16.1. The molecule has 7 heteroatoms. The van der Waals surface area contributed by atoms with E-state index in [0.29, 0.717) is 24.2 Å². The lowest BCUT2D eigenvalue weighted by Gasteiger charge is -2.18. The Morgan fingerprint density at radius 1 is 0.722 bits per heavy atom. The minimum absolute atomic E-state index is 0.0276. The summed E-state index contributed by atoms with van der Waals surface area (Å²) in [4.78, 5) is 29.4.